The predicted molar refractivity (Wildman–Crippen MR) is 79.7 cm³/mol. The molecule has 0 bridgehead atoms. The van der Waals surface area contributed by atoms with Crippen molar-refractivity contribution in [2.45, 2.75) is 33.6 Å². The van der Waals surface area contributed by atoms with Crippen LogP contribution >= 0.6 is 0 Å². The number of nitrogens with zero attached hydrogens (tertiary/aromatic N) is 1. The maximum absolute atomic E-state index is 12.7. The fraction of sp³-hybridized carbons (Fsp3) is 0.562. The minimum Gasteiger partial charge on any atom is -0.385 e. The Hall–Kier alpha value is -1.51. The summed E-state index contributed by atoms with van der Waals surface area (Å²) >= 11 is 0. The van der Waals surface area contributed by atoms with Crippen molar-refractivity contribution in [1.29, 1.82) is 0 Å². The van der Waals surface area contributed by atoms with E-state index in [2.05, 4.69) is 25.2 Å². The van der Waals surface area contributed by atoms with Gasteiger partial charge >= 0.3 is 0 Å². The van der Waals surface area contributed by atoms with Crippen LogP contribution in [0.15, 0.2) is 18.2 Å². The lowest BCUT2D eigenvalue weighted by molar-refractivity contribution is 0.0744. The summed E-state index contributed by atoms with van der Waals surface area (Å²) in [6.07, 6.45) is 2.11. The second-order valence-electron chi connectivity index (χ2n) is 5.60. The molecule has 1 amide bonds. The molecule has 19 heavy (non-hydrogen) atoms. The monoisotopic (exact) mass is 260 g/mol. The lowest BCUT2D eigenvalue weighted by Crippen LogP contribution is -2.35. The zero-order chi connectivity index (χ0) is 13.8. The third-order valence-electron chi connectivity index (χ3n) is 3.58. The third kappa shape index (κ3) is 3.09. The fourth-order valence-corrected chi connectivity index (χ4v) is 2.68. The molecule has 0 radical (unpaired) electrons. The van der Waals surface area contributed by atoms with Gasteiger partial charge in [-0.25, -0.2) is 0 Å². The number of fused-ring (bicyclic) bond motifs is 1. The molecule has 0 saturated heterocycles. The molecule has 1 aliphatic heterocycles. The van der Waals surface area contributed by atoms with Crippen LogP contribution in [0.5, 0.6) is 0 Å². The summed E-state index contributed by atoms with van der Waals surface area (Å²) in [6.45, 7) is 8.96. The lowest BCUT2D eigenvalue weighted by atomic mass is 9.96. The smallest absolute Gasteiger partial charge is 0.254 e. The Morgan fingerprint density at radius 3 is 2.89 bits per heavy atom. The van der Waals surface area contributed by atoms with E-state index in [1.165, 1.54) is 5.56 Å². The quantitative estimate of drug-likeness (QED) is 0.902. The highest BCUT2D eigenvalue weighted by molar-refractivity contribution is 5.97. The first-order valence-electron chi connectivity index (χ1n) is 7.28. The molecular weight excluding hydrogens is 236 g/mol. The van der Waals surface area contributed by atoms with Crippen LogP contribution in [0.25, 0.3) is 0 Å². The number of benzene rings is 1. The summed E-state index contributed by atoms with van der Waals surface area (Å²) in [5.41, 5.74) is 3.21. The second kappa shape index (κ2) is 6.09. The molecule has 0 aliphatic carbocycles. The average Bonchev–Trinajstić information content (AvgIpc) is 2.43. The van der Waals surface area contributed by atoms with Gasteiger partial charge in [-0.1, -0.05) is 19.9 Å². The number of amides is 1. The highest BCUT2D eigenvalue weighted by Crippen LogP contribution is 2.26. The summed E-state index contributed by atoms with van der Waals surface area (Å²) in [4.78, 5) is 14.6. The van der Waals surface area contributed by atoms with E-state index < -0.39 is 0 Å². The lowest BCUT2D eigenvalue weighted by Gasteiger charge is -2.26. The Balaban J connectivity index is 2.27. The molecule has 0 atom stereocenters. The van der Waals surface area contributed by atoms with Gasteiger partial charge in [0.1, 0.15) is 0 Å². The van der Waals surface area contributed by atoms with Gasteiger partial charge in [-0.15, -0.1) is 0 Å². The number of anilines is 1. The van der Waals surface area contributed by atoms with Gasteiger partial charge in [-0.2, -0.15) is 0 Å². The van der Waals surface area contributed by atoms with Crippen molar-refractivity contribution in [3.8, 4) is 0 Å². The second-order valence-corrected chi connectivity index (χ2v) is 5.60. The predicted octanol–water partition coefficient (Wildman–Crippen LogP) is 3.16. The summed E-state index contributed by atoms with van der Waals surface area (Å²) < 4.78 is 0. The van der Waals surface area contributed by atoms with E-state index in [-0.39, 0.29) is 5.91 Å². The van der Waals surface area contributed by atoms with E-state index in [1.807, 2.05) is 24.0 Å². The minimum atomic E-state index is 0.178. The van der Waals surface area contributed by atoms with E-state index in [9.17, 15) is 4.79 Å². The van der Waals surface area contributed by atoms with Gasteiger partial charge in [0, 0.05) is 30.9 Å². The summed E-state index contributed by atoms with van der Waals surface area (Å²) in [5, 5.41) is 3.38. The average molecular weight is 260 g/mol. The Bertz CT molecular complexity index is 454. The molecule has 3 heteroatoms. The molecule has 104 valence electrons. The number of nitrogens with one attached hydrogen (secondary N) is 1. The van der Waals surface area contributed by atoms with Crippen LogP contribution in [0.4, 0.5) is 5.69 Å². The van der Waals surface area contributed by atoms with Crippen molar-refractivity contribution in [3.63, 3.8) is 0 Å². The summed E-state index contributed by atoms with van der Waals surface area (Å²) in [6, 6.07) is 6.02. The molecule has 0 saturated carbocycles. The van der Waals surface area contributed by atoms with Gasteiger partial charge in [0.05, 0.1) is 0 Å². The molecule has 0 spiro atoms. The van der Waals surface area contributed by atoms with Crippen molar-refractivity contribution in [2.24, 2.45) is 5.92 Å². The first-order valence-corrected chi connectivity index (χ1v) is 7.28. The van der Waals surface area contributed by atoms with Gasteiger partial charge in [0.2, 0.25) is 0 Å². The Morgan fingerprint density at radius 2 is 2.21 bits per heavy atom. The van der Waals surface area contributed by atoms with Crippen LogP contribution in [0.3, 0.4) is 0 Å². The summed E-state index contributed by atoms with van der Waals surface area (Å²) in [5.74, 6) is 0.679. The molecule has 3 nitrogen and oxygen atoms in total. The largest absolute Gasteiger partial charge is 0.385 e. The third-order valence-corrected chi connectivity index (χ3v) is 3.58. The van der Waals surface area contributed by atoms with Crippen LogP contribution in [-0.2, 0) is 6.42 Å². The molecule has 1 heterocycles. The van der Waals surface area contributed by atoms with Crippen molar-refractivity contribution in [1.82, 2.24) is 4.90 Å². The van der Waals surface area contributed by atoms with Crippen LogP contribution in [0.1, 0.15) is 43.1 Å². The number of carbonyl (C=O) groups is 1. The molecule has 2 rings (SSSR count). The molecule has 1 N–H and O–H groups in total. The standard InChI is InChI=1S/C16H24N2O/c1-4-18(11-12(2)3)16(19)14-7-5-9-15-13(14)8-6-10-17-15/h5,7,9,12,17H,4,6,8,10-11H2,1-3H3. The Morgan fingerprint density at radius 1 is 1.42 bits per heavy atom. The number of hydrogen-bond acceptors (Lipinski definition) is 2. The van der Waals surface area contributed by atoms with Crippen LogP contribution in [0, 0.1) is 5.92 Å². The van der Waals surface area contributed by atoms with Gasteiger partial charge in [-0.05, 0) is 43.4 Å². The van der Waals surface area contributed by atoms with E-state index >= 15 is 0 Å². The molecule has 0 fully saturated rings. The maximum atomic E-state index is 12.7. The van der Waals surface area contributed by atoms with Gasteiger partial charge in [0.25, 0.3) is 5.91 Å². The molecule has 0 unspecified atom stereocenters. The Kier molecular flexibility index (Phi) is 4.46. The fourth-order valence-electron chi connectivity index (χ4n) is 2.68. The van der Waals surface area contributed by atoms with Crippen LogP contribution < -0.4 is 5.32 Å². The highest BCUT2D eigenvalue weighted by atomic mass is 16.2. The van der Waals surface area contributed by atoms with Crippen molar-refractivity contribution in [3.05, 3.63) is 29.3 Å². The topological polar surface area (TPSA) is 32.3 Å². The molecular formula is C16H24N2O. The van der Waals surface area contributed by atoms with Crippen LogP contribution in [0.2, 0.25) is 0 Å². The molecule has 1 aromatic rings. The SMILES string of the molecule is CCN(CC(C)C)C(=O)c1cccc2c1CCCN2. The number of rotatable bonds is 4. The minimum absolute atomic E-state index is 0.178. The Labute approximate surface area is 116 Å². The van der Waals surface area contributed by atoms with E-state index in [0.29, 0.717) is 5.92 Å². The van der Waals surface area contributed by atoms with Gasteiger partial charge < -0.3 is 10.2 Å². The normalized spacial score (nSPS) is 13.9. The van der Waals surface area contributed by atoms with E-state index in [1.54, 1.807) is 0 Å². The maximum Gasteiger partial charge on any atom is 0.254 e. The van der Waals surface area contributed by atoms with Crippen molar-refractivity contribution >= 4 is 11.6 Å². The summed E-state index contributed by atoms with van der Waals surface area (Å²) in [7, 11) is 0. The van der Waals surface area contributed by atoms with Crippen molar-refractivity contribution in [2.75, 3.05) is 25.0 Å². The van der Waals surface area contributed by atoms with Gasteiger partial charge in [0.15, 0.2) is 0 Å². The zero-order valence-corrected chi connectivity index (χ0v) is 12.2. The van der Waals surface area contributed by atoms with Crippen LogP contribution in [-0.4, -0.2) is 30.4 Å². The van der Waals surface area contributed by atoms with Gasteiger partial charge in [-0.3, -0.25) is 4.79 Å². The first-order chi connectivity index (χ1) is 9.13. The van der Waals surface area contributed by atoms with E-state index in [0.717, 1.165) is 43.7 Å². The number of carbonyl (C=O) groups excluding carboxylic acids is 1. The first kappa shape index (κ1) is 13.9. The molecule has 1 aromatic carbocycles. The van der Waals surface area contributed by atoms with Crippen molar-refractivity contribution < 1.29 is 4.79 Å². The molecule has 0 aromatic heterocycles. The molecule has 1 aliphatic rings. The van der Waals surface area contributed by atoms with E-state index in [4.69, 9.17) is 0 Å². The number of hydrogen-bond donors (Lipinski definition) is 1. The highest BCUT2D eigenvalue weighted by Gasteiger charge is 2.21. The zero-order valence-electron chi connectivity index (χ0n) is 12.2.